The molecule has 1 aromatic heterocycles. The molecule has 0 saturated carbocycles. The minimum absolute atomic E-state index is 0.0639. The number of hydrogen-bond donors (Lipinski definition) is 0. The van der Waals surface area contributed by atoms with Crippen molar-refractivity contribution in [3.8, 4) is 5.75 Å². The summed E-state index contributed by atoms with van der Waals surface area (Å²) >= 11 is 1.33. The van der Waals surface area contributed by atoms with Crippen LogP contribution in [0.5, 0.6) is 5.75 Å². The number of rotatable bonds is 8. The Morgan fingerprint density at radius 1 is 1.03 bits per heavy atom. The van der Waals surface area contributed by atoms with E-state index in [2.05, 4.69) is 37.5 Å². The van der Waals surface area contributed by atoms with Crippen molar-refractivity contribution in [2.24, 2.45) is 0 Å². The molecule has 4 nitrogen and oxygen atoms in total. The number of nitrogens with zero attached hydrogens (tertiary/aromatic N) is 3. The fraction of sp³-hybridized carbons (Fsp3) is 0.333. The van der Waals surface area contributed by atoms with Gasteiger partial charge in [-0.1, -0.05) is 68.9 Å². The fourth-order valence-corrected chi connectivity index (χ4v) is 3.94. The lowest BCUT2D eigenvalue weighted by molar-refractivity contribution is -0.137. The number of halogens is 3. The van der Waals surface area contributed by atoms with Crippen LogP contribution in [-0.2, 0) is 30.5 Å². The Hall–Kier alpha value is -2.74. The quantitative estimate of drug-likeness (QED) is 0.278. The van der Waals surface area contributed by atoms with Gasteiger partial charge in [-0.3, -0.25) is 4.57 Å². The van der Waals surface area contributed by atoms with Gasteiger partial charge in [-0.2, -0.15) is 13.2 Å². The van der Waals surface area contributed by atoms with Crippen molar-refractivity contribution in [1.82, 2.24) is 14.8 Å². The zero-order chi connectivity index (χ0) is 23.4. The van der Waals surface area contributed by atoms with Crippen LogP contribution in [0.2, 0.25) is 0 Å². The van der Waals surface area contributed by atoms with E-state index in [9.17, 15) is 13.2 Å². The first-order valence-electron chi connectivity index (χ1n) is 10.1. The first-order valence-corrected chi connectivity index (χ1v) is 11.1. The van der Waals surface area contributed by atoms with Gasteiger partial charge in [-0.25, -0.2) is 0 Å². The molecule has 0 unspecified atom stereocenters. The molecule has 0 bridgehead atoms. The van der Waals surface area contributed by atoms with Gasteiger partial charge < -0.3 is 4.74 Å². The smallest absolute Gasteiger partial charge is 0.416 e. The SMILES string of the molecule is C=CCn1c(COc2ccc(C(C)(C)C)cc2)nnc1SCc1cccc(C(F)(F)F)c1. The predicted octanol–water partition coefficient (Wildman–Crippen LogP) is 6.65. The van der Waals surface area contributed by atoms with E-state index in [1.807, 2.05) is 28.8 Å². The summed E-state index contributed by atoms with van der Waals surface area (Å²) < 4.78 is 46.6. The van der Waals surface area contributed by atoms with Gasteiger partial charge in [0, 0.05) is 12.3 Å². The number of hydrogen-bond acceptors (Lipinski definition) is 4. The van der Waals surface area contributed by atoms with E-state index in [0.29, 0.717) is 28.8 Å². The second-order valence-corrected chi connectivity index (χ2v) is 9.29. The molecule has 0 aliphatic heterocycles. The first kappa shape index (κ1) is 23.9. The minimum atomic E-state index is -4.36. The molecule has 1 heterocycles. The van der Waals surface area contributed by atoms with Gasteiger partial charge in [0.1, 0.15) is 12.4 Å². The Kier molecular flexibility index (Phi) is 7.33. The molecule has 0 amide bonds. The number of allylic oxidation sites excluding steroid dienone is 1. The Balaban J connectivity index is 1.68. The van der Waals surface area contributed by atoms with Crippen LogP contribution >= 0.6 is 11.8 Å². The standard InChI is InChI=1S/C24H26F3N3OS/c1-5-13-30-21(15-31-20-11-9-18(10-12-20)23(2,3)4)28-29-22(30)32-16-17-7-6-8-19(14-17)24(25,26)27/h5-12,14H,1,13,15-16H2,2-4H3. The zero-order valence-corrected chi connectivity index (χ0v) is 19.1. The molecule has 0 fully saturated rings. The number of thioether (sulfide) groups is 1. The Morgan fingerprint density at radius 3 is 2.38 bits per heavy atom. The monoisotopic (exact) mass is 461 g/mol. The van der Waals surface area contributed by atoms with Gasteiger partial charge in [0.2, 0.25) is 0 Å². The second kappa shape index (κ2) is 9.81. The Morgan fingerprint density at radius 2 is 1.75 bits per heavy atom. The highest BCUT2D eigenvalue weighted by Crippen LogP contribution is 2.31. The summed E-state index contributed by atoms with van der Waals surface area (Å²) in [6.45, 7) is 10.9. The summed E-state index contributed by atoms with van der Waals surface area (Å²) in [4.78, 5) is 0. The first-order chi connectivity index (χ1) is 15.1. The van der Waals surface area contributed by atoms with Crippen LogP contribution in [0.1, 0.15) is 43.3 Å². The molecule has 0 spiro atoms. The zero-order valence-electron chi connectivity index (χ0n) is 18.3. The van der Waals surface area contributed by atoms with Crippen molar-refractivity contribution >= 4 is 11.8 Å². The molecular formula is C24H26F3N3OS. The van der Waals surface area contributed by atoms with Gasteiger partial charge >= 0.3 is 6.18 Å². The van der Waals surface area contributed by atoms with Gasteiger partial charge in [-0.15, -0.1) is 16.8 Å². The van der Waals surface area contributed by atoms with Crippen molar-refractivity contribution in [1.29, 1.82) is 0 Å². The van der Waals surface area contributed by atoms with Crippen molar-refractivity contribution in [2.75, 3.05) is 0 Å². The van der Waals surface area contributed by atoms with Crippen molar-refractivity contribution < 1.29 is 17.9 Å². The maximum Gasteiger partial charge on any atom is 0.416 e. The number of ether oxygens (including phenoxy) is 1. The Bertz CT molecular complexity index is 1050. The molecule has 0 radical (unpaired) electrons. The minimum Gasteiger partial charge on any atom is -0.486 e. The molecule has 0 saturated heterocycles. The molecule has 2 aromatic carbocycles. The van der Waals surface area contributed by atoms with E-state index in [-0.39, 0.29) is 12.0 Å². The van der Waals surface area contributed by atoms with E-state index in [1.165, 1.54) is 23.4 Å². The largest absolute Gasteiger partial charge is 0.486 e. The van der Waals surface area contributed by atoms with Crippen molar-refractivity contribution in [3.05, 3.63) is 83.7 Å². The van der Waals surface area contributed by atoms with Gasteiger partial charge in [0.05, 0.1) is 5.56 Å². The lowest BCUT2D eigenvalue weighted by atomic mass is 9.87. The lowest BCUT2D eigenvalue weighted by Crippen LogP contribution is -2.11. The Labute approximate surface area is 190 Å². The van der Waals surface area contributed by atoms with E-state index >= 15 is 0 Å². The topological polar surface area (TPSA) is 39.9 Å². The molecule has 170 valence electrons. The van der Waals surface area contributed by atoms with E-state index in [0.717, 1.165) is 17.9 Å². The highest BCUT2D eigenvalue weighted by molar-refractivity contribution is 7.98. The molecule has 3 aromatic rings. The van der Waals surface area contributed by atoms with Crippen LogP contribution in [0, 0.1) is 0 Å². The van der Waals surface area contributed by atoms with Gasteiger partial charge in [-0.05, 0) is 34.7 Å². The maximum atomic E-state index is 12.9. The summed E-state index contributed by atoms with van der Waals surface area (Å²) in [7, 11) is 0. The molecule has 0 N–H and O–H groups in total. The van der Waals surface area contributed by atoms with Crippen molar-refractivity contribution in [3.63, 3.8) is 0 Å². The van der Waals surface area contributed by atoms with E-state index in [1.54, 1.807) is 12.1 Å². The summed E-state index contributed by atoms with van der Waals surface area (Å²) in [6.07, 6.45) is -2.64. The van der Waals surface area contributed by atoms with E-state index in [4.69, 9.17) is 4.74 Å². The molecule has 0 atom stereocenters. The third-order valence-corrected chi connectivity index (χ3v) is 5.85. The predicted molar refractivity (Wildman–Crippen MR) is 121 cm³/mol. The van der Waals surface area contributed by atoms with Crippen molar-refractivity contribution in [2.45, 2.75) is 56.4 Å². The average molecular weight is 462 g/mol. The lowest BCUT2D eigenvalue weighted by Gasteiger charge is -2.19. The third kappa shape index (κ3) is 6.16. The molecule has 8 heteroatoms. The summed E-state index contributed by atoms with van der Waals surface area (Å²) in [5.41, 5.74) is 1.19. The van der Waals surface area contributed by atoms with Crippen LogP contribution in [0.15, 0.2) is 66.3 Å². The fourth-order valence-electron chi connectivity index (χ4n) is 3.03. The normalized spacial score (nSPS) is 12.1. The second-order valence-electron chi connectivity index (χ2n) is 8.35. The number of benzene rings is 2. The molecule has 0 aliphatic carbocycles. The molecular weight excluding hydrogens is 435 g/mol. The van der Waals surface area contributed by atoms with Crippen LogP contribution in [-0.4, -0.2) is 14.8 Å². The van der Waals surface area contributed by atoms with Crippen LogP contribution in [0.4, 0.5) is 13.2 Å². The van der Waals surface area contributed by atoms with Gasteiger partial charge in [0.25, 0.3) is 0 Å². The molecule has 32 heavy (non-hydrogen) atoms. The van der Waals surface area contributed by atoms with Gasteiger partial charge in [0.15, 0.2) is 11.0 Å². The summed E-state index contributed by atoms with van der Waals surface area (Å²) in [6, 6.07) is 13.2. The highest BCUT2D eigenvalue weighted by Gasteiger charge is 2.30. The molecule has 0 aliphatic rings. The number of aromatic nitrogens is 3. The third-order valence-electron chi connectivity index (χ3n) is 4.82. The molecule has 3 rings (SSSR count). The van der Waals surface area contributed by atoms with Crippen LogP contribution in [0.25, 0.3) is 0 Å². The number of alkyl halides is 3. The van der Waals surface area contributed by atoms with E-state index < -0.39 is 11.7 Å². The highest BCUT2D eigenvalue weighted by atomic mass is 32.2. The average Bonchev–Trinajstić information content (AvgIpc) is 3.12. The summed E-state index contributed by atoms with van der Waals surface area (Å²) in [5, 5.41) is 9.02. The maximum absolute atomic E-state index is 12.9. The van der Waals surface area contributed by atoms with Crippen LogP contribution in [0.3, 0.4) is 0 Å². The van der Waals surface area contributed by atoms with Crippen LogP contribution < -0.4 is 4.74 Å². The summed E-state index contributed by atoms with van der Waals surface area (Å²) in [5.74, 6) is 1.69.